The van der Waals surface area contributed by atoms with Crippen molar-refractivity contribution < 1.29 is 23.5 Å². The van der Waals surface area contributed by atoms with Crippen LogP contribution < -0.4 is 20.1 Å². The first kappa shape index (κ1) is 24.2. The third-order valence-corrected chi connectivity index (χ3v) is 4.77. The van der Waals surface area contributed by atoms with Gasteiger partial charge in [0, 0.05) is 5.56 Å². The lowest BCUT2D eigenvalue weighted by molar-refractivity contribution is -0.124. The standard InChI is InChI=1S/C24H31FN2O4/c1-6-30-20-13-10-18(14-21(20)31-7-2)16(5)26-24(29)22(15(3)4)27-23(28)17-8-11-19(25)12-9-17/h8-16,22H,6-7H2,1-5H3,(H,26,29)(H,27,28)/t16?,22-/m0/s1. The highest BCUT2D eigenvalue weighted by molar-refractivity contribution is 5.97. The predicted octanol–water partition coefficient (Wildman–Crippen LogP) is 4.25. The lowest BCUT2D eigenvalue weighted by atomic mass is 10.0. The van der Waals surface area contributed by atoms with E-state index in [-0.39, 0.29) is 17.9 Å². The Morgan fingerprint density at radius 3 is 2.10 bits per heavy atom. The summed E-state index contributed by atoms with van der Waals surface area (Å²) >= 11 is 0. The molecule has 0 saturated heterocycles. The number of nitrogens with one attached hydrogen (secondary N) is 2. The van der Waals surface area contributed by atoms with Crippen LogP contribution in [0.25, 0.3) is 0 Å². The molecule has 0 aliphatic rings. The van der Waals surface area contributed by atoms with E-state index in [1.165, 1.54) is 24.3 Å². The largest absolute Gasteiger partial charge is 0.490 e. The molecule has 1 unspecified atom stereocenters. The Kier molecular flexibility index (Phi) is 8.85. The molecule has 31 heavy (non-hydrogen) atoms. The van der Waals surface area contributed by atoms with Gasteiger partial charge in [-0.15, -0.1) is 0 Å². The number of hydrogen-bond acceptors (Lipinski definition) is 4. The maximum absolute atomic E-state index is 13.1. The van der Waals surface area contributed by atoms with Gasteiger partial charge in [-0.2, -0.15) is 0 Å². The molecule has 0 fully saturated rings. The molecule has 0 aromatic heterocycles. The molecule has 0 spiro atoms. The first-order chi connectivity index (χ1) is 14.8. The fraction of sp³-hybridized carbons (Fsp3) is 0.417. The predicted molar refractivity (Wildman–Crippen MR) is 118 cm³/mol. The van der Waals surface area contributed by atoms with Gasteiger partial charge in [0.1, 0.15) is 11.9 Å². The van der Waals surface area contributed by atoms with Gasteiger partial charge < -0.3 is 20.1 Å². The third kappa shape index (κ3) is 6.70. The van der Waals surface area contributed by atoms with Crippen molar-refractivity contribution in [1.29, 1.82) is 0 Å². The summed E-state index contributed by atoms with van der Waals surface area (Å²) in [6.07, 6.45) is 0. The SMILES string of the molecule is CCOc1ccc(C(C)NC(=O)[C@@H](NC(=O)c2ccc(F)cc2)C(C)C)cc1OCC. The molecule has 0 saturated carbocycles. The van der Waals surface area contributed by atoms with Crippen LogP contribution >= 0.6 is 0 Å². The van der Waals surface area contributed by atoms with Crippen LogP contribution in [0, 0.1) is 11.7 Å². The van der Waals surface area contributed by atoms with E-state index in [0.29, 0.717) is 30.3 Å². The number of ether oxygens (including phenoxy) is 2. The molecule has 2 aromatic rings. The van der Waals surface area contributed by atoms with Crippen LogP contribution in [-0.4, -0.2) is 31.1 Å². The Morgan fingerprint density at radius 2 is 1.52 bits per heavy atom. The molecule has 2 atom stereocenters. The second kappa shape index (κ2) is 11.3. The van der Waals surface area contributed by atoms with Crippen molar-refractivity contribution in [3.05, 3.63) is 59.4 Å². The molecule has 0 radical (unpaired) electrons. The molecule has 7 heteroatoms. The summed E-state index contributed by atoms with van der Waals surface area (Å²) in [5, 5.41) is 5.70. The molecule has 168 valence electrons. The Balaban J connectivity index is 2.11. The average molecular weight is 431 g/mol. The highest BCUT2D eigenvalue weighted by Crippen LogP contribution is 2.30. The maximum Gasteiger partial charge on any atom is 0.251 e. The summed E-state index contributed by atoms with van der Waals surface area (Å²) < 4.78 is 24.4. The van der Waals surface area contributed by atoms with Crippen LogP contribution in [0.5, 0.6) is 11.5 Å². The van der Waals surface area contributed by atoms with Gasteiger partial charge in [-0.25, -0.2) is 4.39 Å². The van der Waals surface area contributed by atoms with Crippen molar-refractivity contribution in [2.45, 2.75) is 46.7 Å². The average Bonchev–Trinajstić information content (AvgIpc) is 2.73. The fourth-order valence-electron chi connectivity index (χ4n) is 3.08. The van der Waals surface area contributed by atoms with Crippen molar-refractivity contribution in [1.82, 2.24) is 10.6 Å². The van der Waals surface area contributed by atoms with Crippen molar-refractivity contribution in [2.24, 2.45) is 5.92 Å². The lowest BCUT2D eigenvalue weighted by Gasteiger charge is -2.24. The smallest absolute Gasteiger partial charge is 0.251 e. The third-order valence-electron chi connectivity index (χ3n) is 4.77. The van der Waals surface area contributed by atoms with Crippen LogP contribution in [-0.2, 0) is 4.79 Å². The first-order valence-electron chi connectivity index (χ1n) is 10.5. The van der Waals surface area contributed by atoms with E-state index in [4.69, 9.17) is 9.47 Å². The molecule has 0 heterocycles. The topological polar surface area (TPSA) is 76.7 Å². The summed E-state index contributed by atoms with van der Waals surface area (Å²) in [5.74, 6) is -0.0292. The number of halogens is 1. The minimum atomic E-state index is -0.742. The van der Waals surface area contributed by atoms with Crippen LogP contribution in [0.1, 0.15) is 56.6 Å². The number of hydrogen-bond donors (Lipinski definition) is 2. The lowest BCUT2D eigenvalue weighted by Crippen LogP contribution is -2.50. The summed E-state index contributed by atoms with van der Waals surface area (Å²) in [6.45, 7) is 10.4. The van der Waals surface area contributed by atoms with Crippen molar-refractivity contribution >= 4 is 11.8 Å². The van der Waals surface area contributed by atoms with Gasteiger partial charge in [0.25, 0.3) is 5.91 Å². The molecule has 2 amide bonds. The van der Waals surface area contributed by atoms with Gasteiger partial charge in [0.05, 0.1) is 19.3 Å². The second-order valence-electron chi connectivity index (χ2n) is 7.50. The highest BCUT2D eigenvalue weighted by atomic mass is 19.1. The zero-order valence-corrected chi connectivity index (χ0v) is 18.7. The molecular weight excluding hydrogens is 399 g/mol. The van der Waals surface area contributed by atoms with Gasteiger partial charge in [0.2, 0.25) is 5.91 Å². The molecule has 0 aliphatic heterocycles. The number of amides is 2. The Bertz CT molecular complexity index is 884. The molecule has 2 rings (SSSR count). The summed E-state index contributed by atoms with van der Waals surface area (Å²) in [4.78, 5) is 25.4. The molecule has 2 aromatic carbocycles. The molecular formula is C24H31FN2O4. The Morgan fingerprint density at radius 1 is 0.903 bits per heavy atom. The highest BCUT2D eigenvalue weighted by Gasteiger charge is 2.26. The quantitative estimate of drug-likeness (QED) is 0.591. The summed E-state index contributed by atoms with van der Waals surface area (Å²) in [5.41, 5.74) is 1.15. The van der Waals surface area contributed by atoms with Crippen LogP contribution in [0.15, 0.2) is 42.5 Å². The summed E-state index contributed by atoms with van der Waals surface area (Å²) in [7, 11) is 0. The molecule has 0 aliphatic carbocycles. The van der Waals surface area contributed by atoms with E-state index in [0.717, 1.165) is 5.56 Å². The number of carbonyl (C=O) groups excluding carboxylic acids is 2. The zero-order valence-electron chi connectivity index (χ0n) is 18.7. The van der Waals surface area contributed by atoms with Crippen LogP contribution in [0.2, 0.25) is 0 Å². The number of benzene rings is 2. The van der Waals surface area contributed by atoms with E-state index < -0.39 is 17.8 Å². The van der Waals surface area contributed by atoms with E-state index >= 15 is 0 Å². The van der Waals surface area contributed by atoms with Gasteiger partial charge in [-0.1, -0.05) is 19.9 Å². The van der Waals surface area contributed by atoms with Gasteiger partial charge >= 0.3 is 0 Å². The van der Waals surface area contributed by atoms with Crippen LogP contribution in [0.3, 0.4) is 0 Å². The fourth-order valence-corrected chi connectivity index (χ4v) is 3.08. The minimum absolute atomic E-state index is 0.143. The van der Waals surface area contributed by atoms with Crippen LogP contribution in [0.4, 0.5) is 4.39 Å². The van der Waals surface area contributed by atoms with Gasteiger partial charge in [-0.05, 0) is 68.7 Å². The minimum Gasteiger partial charge on any atom is -0.490 e. The normalized spacial score (nSPS) is 12.7. The van der Waals surface area contributed by atoms with Crippen molar-refractivity contribution in [2.75, 3.05) is 13.2 Å². The molecule has 6 nitrogen and oxygen atoms in total. The maximum atomic E-state index is 13.1. The van der Waals surface area contributed by atoms with E-state index in [1.807, 2.05) is 52.8 Å². The van der Waals surface area contributed by atoms with E-state index in [2.05, 4.69) is 10.6 Å². The summed E-state index contributed by atoms with van der Waals surface area (Å²) in [6, 6.07) is 9.69. The first-order valence-corrected chi connectivity index (χ1v) is 10.5. The van der Waals surface area contributed by atoms with E-state index in [1.54, 1.807) is 0 Å². The van der Waals surface area contributed by atoms with Crippen molar-refractivity contribution in [3.63, 3.8) is 0 Å². The molecule has 0 bridgehead atoms. The monoisotopic (exact) mass is 430 g/mol. The second-order valence-corrected chi connectivity index (χ2v) is 7.50. The zero-order chi connectivity index (χ0) is 23.0. The Labute approximate surface area is 183 Å². The van der Waals surface area contributed by atoms with Crippen molar-refractivity contribution in [3.8, 4) is 11.5 Å². The van der Waals surface area contributed by atoms with Gasteiger partial charge in [0.15, 0.2) is 11.5 Å². The van der Waals surface area contributed by atoms with Gasteiger partial charge in [-0.3, -0.25) is 9.59 Å². The molecule has 2 N–H and O–H groups in total. The number of rotatable bonds is 10. The van der Waals surface area contributed by atoms with E-state index in [9.17, 15) is 14.0 Å². The number of carbonyl (C=O) groups is 2. The Hall–Kier alpha value is -3.09.